The highest BCUT2D eigenvalue weighted by Crippen LogP contribution is 2.26. The van der Waals surface area contributed by atoms with E-state index in [-0.39, 0.29) is 5.92 Å². The smallest absolute Gasteiger partial charge is 0.306 e. The Hall–Kier alpha value is -1.30. The number of carboxylic acid groups (broad SMARTS) is 1. The Labute approximate surface area is 110 Å². The number of carbonyl (C=O) groups is 1. The molecule has 0 unspecified atom stereocenters. The zero-order valence-corrected chi connectivity index (χ0v) is 11.1. The molecular weight excluding hydrogens is 250 g/mol. The Bertz CT molecular complexity index is 420. The summed E-state index contributed by atoms with van der Waals surface area (Å²) < 4.78 is 0. The first-order valence-electron chi connectivity index (χ1n) is 6.04. The third kappa shape index (κ3) is 3.35. The maximum atomic E-state index is 10.9. The highest BCUT2D eigenvalue weighted by Gasteiger charge is 2.25. The minimum atomic E-state index is -0.669. The van der Waals surface area contributed by atoms with Gasteiger partial charge in [-0.05, 0) is 31.9 Å². The quantitative estimate of drug-likeness (QED) is 0.815. The number of hydrogen-bond acceptors (Lipinski definition) is 5. The number of nitrogens with zero attached hydrogens (tertiary/aromatic N) is 2. The number of aliphatic carboxylic acids is 1. The van der Waals surface area contributed by atoms with Crippen LogP contribution in [0.2, 0.25) is 0 Å². The first kappa shape index (κ1) is 13.1. The zero-order chi connectivity index (χ0) is 13.0. The summed E-state index contributed by atoms with van der Waals surface area (Å²) in [4.78, 5) is 19.4. The first-order valence-corrected chi connectivity index (χ1v) is 7.27. The van der Waals surface area contributed by atoms with Gasteiger partial charge in [0.2, 0.25) is 0 Å². The fraction of sp³-hybridized carbons (Fsp3) is 0.583. The van der Waals surface area contributed by atoms with Crippen molar-refractivity contribution in [2.24, 2.45) is 5.92 Å². The Morgan fingerprint density at radius 3 is 2.72 bits per heavy atom. The Morgan fingerprint density at radius 1 is 1.39 bits per heavy atom. The second-order valence-corrected chi connectivity index (χ2v) is 5.30. The summed E-state index contributed by atoms with van der Waals surface area (Å²) in [7, 11) is 0. The van der Waals surface area contributed by atoms with Crippen LogP contribution in [0, 0.1) is 5.92 Å². The van der Waals surface area contributed by atoms with E-state index in [0.717, 1.165) is 36.5 Å². The molecule has 1 aliphatic rings. The number of aromatic nitrogens is 2. The average Bonchev–Trinajstić information content (AvgIpc) is 2.39. The van der Waals surface area contributed by atoms with Gasteiger partial charge in [-0.25, -0.2) is 4.98 Å². The van der Waals surface area contributed by atoms with Crippen LogP contribution in [0.3, 0.4) is 0 Å². The van der Waals surface area contributed by atoms with E-state index in [1.807, 2.05) is 6.26 Å². The standard InChI is InChI=1S/C12H17N3O2S/c1-18-11-7-13-6-10(15-11)14-9-4-2-8(3-5-9)12(16)17/h6-9H,2-5H2,1H3,(H,14,15)(H,16,17). The molecule has 6 heteroatoms. The van der Waals surface area contributed by atoms with Crippen molar-refractivity contribution in [3.63, 3.8) is 0 Å². The van der Waals surface area contributed by atoms with Gasteiger partial charge in [0.15, 0.2) is 0 Å². The Balaban J connectivity index is 1.89. The molecule has 0 saturated heterocycles. The molecule has 1 saturated carbocycles. The largest absolute Gasteiger partial charge is 0.481 e. The molecule has 2 N–H and O–H groups in total. The van der Waals surface area contributed by atoms with E-state index in [0.29, 0.717) is 6.04 Å². The topological polar surface area (TPSA) is 75.1 Å². The first-order chi connectivity index (χ1) is 8.69. The van der Waals surface area contributed by atoms with Crippen LogP contribution in [0.25, 0.3) is 0 Å². The minimum absolute atomic E-state index is 0.174. The van der Waals surface area contributed by atoms with Gasteiger partial charge in [0.05, 0.1) is 18.3 Å². The fourth-order valence-corrected chi connectivity index (χ4v) is 2.57. The number of thioether (sulfide) groups is 1. The van der Waals surface area contributed by atoms with Crippen molar-refractivity contribution in [1.29, 1.82) is 0 Å². The van der Waals surface area contributed by atoms with Crippen LogP contribution >= 0.6 is 11.8 Å². The molecule has 2 rings (SSSR count). The predicted octanol–water partition coefficient (Wildman–Crippen LogP) is 2.25. The predicted molar refractivity (Wildman–Crippen MR) is 70.8 cm³/mol. The second kappa shape index (κ2) is 6.04. The summed E-state index contributed by atoms with van der Waals surface area (Å²) in [6.07, 6.45) is 8.64. The third-order valence-electron chi connectivity index (χ3n) is 3.25. The zero-order valence-electron chi connectivity index (χ0n) is 10.3. The van der Waals surface area contributed by atoms with Crippen LogP contribution in [0.5, 0.6) is 0 Å². The van der Waals surface area contributed by atoms with E-state index in [2.05, 4.69) is 15.3 Å². The Kier molecular flexibility index (Phi) is 4.41. The summed E-state index contributed by atoms with van der Waals surface area (Å²) in [5, 5.41) is 13.2. The molecule has 98 valence electrons. The molecule has 5 nitrogen and oxygen atoms in total. The molecule has 0 radical (unpaired) electrons. The molecule has 1 aromatic rings. The maximum Gasteiger partial charge on any atom is 0.306 e. The van der Waals surface area contributed by atoms with Crippen LogP contribution in [-0.4, -0.2) is 33.3 Å². The molecule has 0 spiro atoms. The highest BCUT2D eigenvalue weighted by atomic mass is 32.2. The normalized spacial score (nSPS) is 23.6. The van der Waals surface area contributed by atoms with E-state index in [1.54, 1.807) is 24.2 Å². The van der Waals surface area contributed by atoms with Gasteiger partial charge in [0.1, 0.15) is 10.8 Å². The van der Waals surface area contributed by atoms with E-state index in [4.69, 9.17) is 5.11 Å². The number of anilines is 1. The average molecular weight is 267 g/mol. The summed E-state index contributed by atoms with van der Waals surface area (Å²) in [6.45, 7) is 0. The lowest BCUT2D eigenvalue weighted by Gasteiger charge is -2.27. The molecule has 1 aromatic heterocycles. The van der Waals surface area contributed by atoms with Gasteiger partial charge in [0.25, 0.3) is 0 Å². The van der Waals surface area contributed by atoms with Crippen molar-refractivity contribution >= 4 is 23.5 Å². The number of carboxylic acids is 1. The molecule has 1 aliphatic carbocycles. The second-order valence-electron chi connectivity index (χ2n) is 4.48. The van der Waals surface area contributed by atoms with Crippen molar-refractivity contribution in [3.8, 4) is 0 Å². The van der Waals surface area contributed by atoms with Gasteiger partial charge in [-0.1, -0.05) is 0 Å². The van der Waals surface area contributed by atoms with Gasteiger partial charge >= 0.3 is 5.97 Å². The van der Waals surface area contributed by atoms with Crippen molar-refractivity contribution in [3.05, 3.63) is 12.4 Å². The Morgan fingerprint density at radius 2 is 2.11 bits per heavy atom. The lowest BCUT2D eigenvalue weighted by Crippen LogP contribution is -2.29. The van der Waals surface area contributed by atoms with Crippen LogP contribution < -0.4 is 5.32 Å². The van der Waals surface area contributed by atoms with Crippen LogP contribution in [0.4, 0.5) is 5.82 Å². The maximum absolute atomic E-state index is 10.9. The molecule has 1 heterocycles. The van der Waals surface area contributed by atoms with Crippen molar-refractivity contribution in [1.82, 2.24) is 9.97 Å². The fourth-order valence-electron chi connectivity index (χ4n) is 2.21. The highest BCUT2D eigenvalue weighted by molar-refractivity contribution is 7.98. The van der Waals surface area contributed by atoms with Gasteiger partial charge in [-0.3, -0.25) is 9.78 Å². The summed E-state index contributed by atoms with van der Waals surface area (Å²) in [5.41, 5.74) is 0. The lowest BCUT2D eigenvalue weighted by molar-refractivity contribution is -0.142. The SMILES string of the molecule is CSc1cncc(NC2CCC(C(=O)O)CC2)n1. The van der Waals surface area contributed by atoms with Gasteiger partial charge < -0.3 is 10.4 Å². The van der Waals surface area contributed by atoms with E-state index in [1.165, 1.54) is 0 Å². The number of nitrogens with one attached hydrogen (secondary N) is 1. The van der Waals surface area contributed by atoms with Crippen molar-refractivity contribution in [2.45, 2.75) is 36.8 Å². The van der Waals surface area contributed by atoms with Crippen LogP contribution in [0.1, 0.15) is 25.7 Å². The molecule has 1 fully saturated rings. The van der Waals surface area contributed by atoms with E-state index in [9.17, 15) is 4.79 Å². The molecule has 18 heavy (non-hydrogen) atoms. The van der Waals surface area contributed by atoms with Gasteiger partial charge in [-0.15, -0.1) is 11.8 Å². The van der Waals surface area contributed by atoms with E-state index >= 15 is 0 Å². The molecule has 0 atom stereocenters. The van der Waals surface area contributed by atoms with Gasteiger partial charge in [-0.2, -0.15) is 0 Å². The minimum Gasteiger partial charge on any atom is -0.481 e. The van der Waals surface area contributed by atoms with Gasteiger partial charge in [0, 0.05) is 6.04 Å². The third-order valence-corrected chi connectivity index (χ3v) is 3.86. The molecule has 0 amide bonds. The van der Waals surface area contributed by atoms with Crippen LogP contribution in [0.15, 0.2) is 17.4 Å². The summed E-state index contributed by atoms with van der Waals surface area (Å²) in [6, 6.07) is 0.312. The summed E-state index contributed by atoms with van der Waals surface area (Å²) >= 11 is 1.56. The van der Waals surface area contributed by atoms with Crippen molar-refractivity contribution < 1.29 is 9.90 Å². The summed E-state index contributed by atoms with van der Waals surface area (Å²) in [5.74, 6) is -0.0649. The lowest BCUT2D eigenvalue weighted by atomic mass is 9.86. The van der Waals surface area contributed by atoms with Crippen molar-refractivity contribution in [2.75, 3.05) is 11.6 Å². The molecule has 0 bridgehead atoms. The number of hydrogen-bond donors (Lipinski definition) is 2. The molecule has 0 aliphatic heterocycles. The monoisotopic (exact) mass is 267 g/mol. The number of rotatable bonds is 4. The molecular formula is C12H17N3O2S. The van der Waals surface area contributed by atoms with Crippen LogP contribution in [-0.2, 0) is 4.79 Å². The van der Waals surface area contributed by atoms with E-state index < -0.39 is 5.97 Å². The molecule has 0 aromatic carbocycles.